The van der Waals surface area contributed by atoms with Crippen LogP contribution in [-0.2, 0) is 10.0 Å². The molecule has 0 aliphatic carbocycles. The zero-order valence-electron chi connectivity index (χ0n) is 8.61. The van der Waals surface area contributed by atoms with Crippen LogP contribution in [0.3, 0.4) is 0 Å². The molecule has 1 aliphatic heterocycles. The summed E-state index contributed by atoms with van der Waals surface area (Å²) in [7, 11) is -3.35. The van der Waals surface area contributed by atoms with Gasteiger partial charge in [-0.1, -0.05) is 11.6 Å². The molecule has 3 nitrogen and oxygen atoms in total. The first-order valence-corrected chi connectivity index (χ1v) is 8.32. The van der Waals surface area contributed by atoms with Gasteiger partial charge in [-0.2, -0.15) is 4.31 Å². The van der Waals surface area contributed by atoms with E-state index in [9.17, 15) is 8.42 Å². The van der Waals surface area contributed by atoms with Crippen LogP contribution in [0.4, 0.5) is 0 Å². The maximum Gasteiger partial charge on any atom is 0.252 e. The van der Waals surface area contributed by atoms with Crippen LogP contribution in [0.1, 0.15) is 19.8 Å². The molecule has 1 saturated heterocycles. The molecule has 2 heterocycles. The average molecular weight is 345 g/mol. The molecule has 0 amide bonds. The van der Waals surface area contributed by atoms with E-state index < -0.39 is 10.0 Å². The summed E-state index contributed by atoms with van der Waals surface area (Å²) in [6, 6.07) is 1.60. The predicted molar refractivity (Wildman–Crippen MR) is 69.6 cm³/mol. The Labute approximate surface area is 113 Å². The summed E-state index contributed by atoms with van der Waals surface area (Å²) in [6.45, 7) is 2.55. The van der Waals surface area contributed by atoms with Crippen LogP contribution in [0.2, 0.25) is 5.02 Å². The summed E-state index contributed by atoms with van der Waals surface area (Å²) >= 11 is 10.3. The summed E-state index contributed by atoms with van der Waals surface area (Å²) in [5, 5.41) is 0.454. The number of sulfonamides is 1. The monoisotopic (exact) mass is 343 g/mol. The van der Waals surface area contributed by atoms with Gasteiger partial charge in [-0.25, -0.2) is 8.42 Å². The highest BCUT2D eigenvalue weighted by molar-refractivity contribution is 9.11. The molecule has 1 atom stereocenters. The summed E-state index contributed by atoms with van der Waals surface area (Å²) < 4.78 is 27.1. The minimum atomic E-state index is -3.35. The Balaban J connectivity index is 2.38. The van der Waals surface area contributed by atoms with Crippen molar-refractivity contribution in [1.82, 2.24) is 4.31 Å². The fourth-order valence-corrected chi connectivity index (χ4v) is 6.06. The Morgan fingerprint density at radius 1 is 1.62 bits per heavy atom. The SMILES string of the molecule is CC1CCCN1S(=O)(=O)c1cc(Cl)c(Br)s1. The molecule has 1 unspecified atom stereocenters. The van der Waals surface area contributed by atoms with E-state index in [-0.39, 0.29) is 6.04 Å². The quantitative estimate of drug-likeness (QED) is 0.825. The van der Waals surface area contributed by atoms with E-state index in [0.29, 0.717) is 19.6 Å². The highest BCUT2D eigenvalue weighted by Gasteiger charge is 2.34. The second-order valence-corrected chi connectivity index (χ2v) is 8.69. The normalized spacial score (nSPS) is 22.8. The van der Waals surface area contributed by atoms with Crippen LogP contribution in [-0.4, -0.2) is 25.3 Å². The molecule has 16 heavy (non-hydrogen) atoms. The van der Waals surface area contributed by atoms with Gasteiger partial charge in [0.05, 0.1) is 8.81 Å². The molecule has 0 saturated carbocycles. The number of rotatable bonds is 2. The largest absolute Gasteiger partial charge is 0.252 e. The predicted octanol–water partition coefficient (Wildman–Crippen LogP) is 3.34. The van der Waals surface area contributed by atoms with Crippen molar-refractivity contribution in [3.05, 3.63) is 14.9 Å². The summed E-state index contributed by atoms with van der Waals surface area (Å²) in [5.74, 6) is 0. The lowest BCUT2D eigenvalue weighted by atomic mass is 10.3. The molecule has 0 aromatic carbocycles. The smallest absolute Gasteiger partial charge is 0.206 e. The van der Waals surface area contributed by atoms with Crippen molar-refractivity contribution in [2.24, 2.45) is 0 Å². The highest BCUT2D eigenvalue weighted by atomic mass is 79.9. The number of halogens is 2. The molecule has 2 rings (SSSR count). The van der Waals surface area contributed by atoms with Gasteiger partial charge in [0.25, 0.3) is 10.0 Å². The lowest BCUT2D eigenvalue weighted by molar-refractivity contribution is 0.409. The van der Waals surface area contributed by atoms with Crippen LogP contribution in [0.5, 0.6) is 0 Å². The summed E-state index contributed by atoms with van der Waals surface area (Å²) in [5.41, 5.74) is 0. The molecule has 1 aliphatic rings. The maximum absolute atomic E-state index is 12.3. The molecular formula is C9H11BrClNO2S2. The fourth-order valence-electron chi connectivity index (χ4n) is 1.83. The zero-order valence-corrected chi connectivity index (χ0v) is 12.6. The second kappa shape index (κ2) is 4.57. The van der Waals surface area contributed by atoms with Crippen molar-refractivity contribution < 1.29 is 8.42 Å². The fraction of sp³-hybridized carbons (Fsp3) is 0.556. The third-order valence-electron chi connectivity index (χ3n) is 2.68. The number of hydrogen-bond donors (Lipinski definition) is 0. The Hall–Kier alpha value is 0.380. The maximum atomic E-state index is 12.3. The van der Waals surface area contributed by atoms with E-state index in [2.05, 4.69) is 15.9 Å². The van der Waals surface area contributed by atoms with E-state index in [0.717, 1.165) is 12.8 Å². The van der Waals surface area contributed by atoms with Gasteiger partial charge < -0.3 is 0 Å². The van der Waals surface area contributed by atoms with Crippen molar-refractivity contribution in [2.45, 2.75) is 30.0 Å². The topological polar surface area (TPSA) is 37.4 Å². The molecule has 1 aromatic heterocycles. The third kappa shape index (κ3) is 2.18. The third-order valence-corrected chi connectivity index (χ3v) is 7.61. The molecule has 0 spiro atoms. The first-order valence-electron chi connectivity index (χ1n) is 4.89. The Morgan fingerprint density at radius 2 is 2.31 bits per heavy atom. The first kappa shape index (κ1) is 12.8. The summed E-state index contributed by atoms with van der Waals surface area (Å²) in [4.78, 5) is 0. The lowest BCUT2D eigenvalue weighted by Crippen LogP contribution is -2.33. The zero-order chi connectivity index (χ0) is 11.9. The number of thiophene rings is 1. The van der Waals surface area contributed by atoms with Gasteiger partial charge in [-0.15, -0.1) is 11.3 Å². The molecule has 7 heteroatoms. The molecule has 0 N–H and O–H groups in total. The molecule has 1 aromatic rings. The van der Waals surface area contributed by atoms with Crippen molar-refractivity contribution in [3.63, 3.8) is 0 Å². The van der Waals surface area contributed by atoms with Gasteiger partial charge >= 0.3 is 0 Å². The average Bonchev–Trinajstić information content (AvgIpc) is 2.75. The standard InChI is InChI=1S/C9H11BrClNO2S2/c1-6-3-2-4-12(6)16(13,14)8-5-7(11)9(10)15-8/h5-6H,2-4H2,1H3. The van der Waals surface area contributed by atoms with Crippen molar-refractivity contribution >= 4 is 48.9 Å². The van der Waals surface area contributed by atoms with Crippen molar-refractivity contribution in [1.29, 1.82) is 0 Å². The van der Waals surface area contributed by atoms with E-state index >= 15 is 0 Å². The number of hydrogen-bond acceptors (Lipinski definition) is 3. The first-order chi connectivity index (χ1) is 7.43. The molecule has 1 fully saturated rings. The molecule has 0 bridgehead atoms. The van der Waals surface area contributed by atoms with Crippen molar-refractivity contribution in [3.8, 4) is 0 Å². The summed E-state index contributed by atoms with van der Waals surface area (Å²) in [6.07, 6.45) is 1.86. The molecule has 90 valence electrons. The Bertz CT molecular complexity index is 480. The lowest BCUT2D eigenvalue weighted by Gasteiger charge is -2.19. The second-order valence-electron chi connectivity index (χ2n) is 3.79. The van der Waals surface area contributed by atoms with E-state index in [1.54, 1.807) is 4.31 Å². The van der Waals surface area contributed by atoms with Crippen LogP contribution >= 0.6 is 38.9 Å². The van der Waals surface area contributed by atoms with Crippen LogP contribution < -0.4 is 0 Å². The van der Waals surface area contributed by atoms with Crippen LogP contribution in [0.25, 0.3) is 0 Å². The highest BCUT2D eigenvalue weighted by Crippen LogP contribution is 2.37. The Kier molecular flexibility index (Phi) is 3.66. The van der Waals surface area contributed by atoms with Crippen LogP contribution in [0.15, 0.2) is 14.1 Å². The van der Waals surface area contributed by atoms with E-state index in [1.165, 1.54) is 17.4 Å². The minimum Gasteiger partial charge on any atom is -0.206 e. The minimum absolute atomic E-state index is 0.0876. The Morgan fingerprint density at radius 3 is 2.75 bits per heavy atom. The van der Waals surface area contributed by atoms with Gasteiger partial charge in [0.15, 0.2) is 0 Å². The van der Waals surface area contributed by atoms with Gasteiger partial charge in [-0.3, -0.25) is 0 Å². The van der Waals surface area contributed by atoms with Crippen molar-refractivity contribution in [2.75, 3.05) is 6.54 Å². The van der Waals surface area contributed by atoms with E-state index in [1.807, 2.05) is 6.92 Å². The molecule has 0 radical (unpaired) electrons. The van der Waals surface area contributed by atoms with E-state index in [4.69, 9.17) is 11.6 Å². The van der Waals surface area contributed by atoms with Gasteiger partial charge in [-0.05, 0) is 41.8 Å². The van der Waals surface area contributed by atoms with Gasteiger partial charge in [0.1, 0.15) is 4.21 Å². The number of nitrogens with zero attached hydrogens (tertiary/aromatic N) is 1. The van der Waals surface area contributed by atoms with Gasteiger partial charge in [0, 0.05) is 12.6 Å². The molecular weight excluding hydrogens is 334 g/mol. The van der Waals surface area contributed by atoms with Gasteiger partial charge in [0.2, 0.25) is 0 Å². The van der Waals surface area contributed by atoms with Crippen LogP contribution in [0, 0.1) is 0 Å².